The van der Waals surface area contributed by atoms with E-state index in [4.69, 9.17) is 14.2 Å². The molecule has 0 aliphatic carbocycles. The van der Waals surface area contributed by atoms with Gasteiger partial charge in [0.05, 0.1) is 32.9 Å². The highest BCUT2D eigenvalue weighted by Crippen LogP contribution is 2.33. The standard InChI is InChI=1S/C17H21NO4/c1-5-14-16-11(8-13(20-3)9-15(16)21-4)7-12(10-18-14)17(19)22-6-2/h7-9H,5-6,10H2,1-4H3. The molecule has 0 saturated heterocycles. The first-order chi connectivity index (χ1) is 10.6. The van der Waals surface area contributed by atoms with Crippen LogP contribution in [-0.2, 0) is 9.53 Å². The lowest BCUT2D eigenvalue weighted by Crippen LogP contribution is -2.09. The monoisotopic (exact) mass is 303 g/mol. The van der Waals surface area contributed by atoms with Crippen molar-refractivity contribution in [3.63, 3.8) is 0 Å². The van der Waals surface area contributed by atoms with Gasteiger partial charge in [0.2, 0.25) is 0 Å². The largest absolute Gasteiger partial charge is 0.497 e. The van der Waals surface area contributed by atoms with E-state index in [1.807, 2.05) is 25.1 Å². The molecule has 0 aromatic heterocycles. The predicted molar refractivity (Wildman–Crippen MR) is 85.9 cm³/mol. The maximum absolute atomic E-state index is 12.0. The van der Waals surface area contributed by atoms with Crippen LogP contribution in [0, 0.1) is 0 Å². The molecule has 1 aromatic carbocycles. The molecule has 5 nitrogen and oxygen atoms in total. The number of nitrogens with zero attached hydrogens (tertiary/aromatic N) is 1. The zero-order valence-corrected chi connectivity index (χ0v) is 13.4. The first-order valence-electron chi connectivity index (χ1n) is 7.31. The van der Waals surface area contributed by atoms with Gasteiger partial charge in [0.15, 0.2) is 0 Å². The smallest absolute Gasteiger partial charge is 0.335 e. The number of carbonyl (C=O) groups excluding carboxylic acids is 1. The van der Waals surface area contributed by atoms with Crippen molar-refractivity contribution in [2.45, 2.75) is 20.3 Å². The molecule has 1 heterocycles. The SMILES string of the molecule is CCOC(=O)C1=Cc2cc(OC)cc(OC)c2C(CC)=NC1. The molecule has 0 atom stereocenters. The Morgan fingerprint density at radius 1 is 1.23 bits per heavy atom. The van der Waals surface area contributed by atoms with Crippen LogP contribution in [-0.4, -0.2) is 39.1 Å². The van der Waals surface area contributed by atoms with Gasteiger partial charge in [-0.1, -0.05) is 6.92 Å². The summed E-state index contributed by atoms with van der Waals surface area (Å²) in [7, 11) is 3.21. The van der Waals surface area contributed by atoms with Gasteiger partial charge in [0.1, 0.15) is 11.5 Å². The quantitative estimate of drug-likeness (QED) is 0.785. The van der Waals surface area contributed by atoms with Crippen LogP contribution in [0.3, 0.4) is 0 Å². The Bertz CT molecular complexity index is 632. The Kier molecular flexibility index (Phi) is 5.20. The lowest BCUT2D eigenvalue weighted by atomic mass is 9.98. The Balaban J connectivity index is 2.61. The molecule has 2 rings (SSSR count). The number of ether oxygens (including phenoxy) is 3. The molecule has 118 valence electrons. The molecule has 5 heteroatoms. The van der Waals surface area contributed by atoms with Crippen molar-refractivity contribution < 1.29 is 19.0 Å². The van der Waals surface area contributed by atoms with E-state index >= 15 is 0 Å². The Morgan fingerprint density at radius 2 is 2.00 bits per heavy atom. The van der Waals surface area contributed by atoms with Crippen LogP contribution < -0.4 is 9.47 Å². The zero-order chi connectivity index (χ0) is 16.1. The maximum Gasteiger partial charge on any atom is 0.335 e. The molecule has 22 heavy (non-hydrogen) atoms. The van der Waals surface area contributed by atoms with Crippen LogP contribution in [0.2, 0.25) is 0 Å². The average Bonchev–Trinajstić information content (AvgIpc) is 2.73. The van der Waals surface area contributed by atoms with Crippen molar-refractivity contribution in [2.24, 2.45) is 4.99 Å². The number of hydrogen-bond donors (Lipinski definition) is 0. The third-order valence-electron chi connectivity index (χ3n) is 3.49. The van der Waals surface area contributed by atoms with Crippen molar-refractivity contribution in [2.75, 3.05) is 27.4 Å². The number of aliphatic imine (C=N–C) groups is 1. The summed E-state index contributed by atoms with van der Waals surface area (Å²) < 4.78 is 15.9. The molecule has 0 radical (unpaired) electrons. The molecule has 0 bridgehead atoms. The normalized spacial score (nSPS) is 13.5. The van der Waals surface area contributed by atoms with Gasteiger partial charge < -0.3 is 14.2 Å². The van der Waals surface area contributed by atoms with Crippen LogP contribution in [0.15, 0.2) is 22.7 Å². The molecular weight excluding hydrogens is 282 g/mol. The van der Waals surface area contributed by atoms with Gasteiger partial charge >= 0.3 is 5.97 Å². The van der Waals surface area contributed by atoms with Gasteiger partial charge in [-0.2, -0.15) is 0 Å². The fourth-order valence-electron chi connectivity index (χ4n) is 2.44. The first-order valence-corrected chi connectivity index (χ1v) is 7.31. The van der Waals surface area contributed by atoms with Crippen LogP contribution in [0.5, 0.6) is 11.5 Å². The predicted octanol–water partition coefficient (Wildman–Crippen LogP) is 2.86. The van der Waals surface area contributed by atoms with E-state index in [1.165, 1.54) is 0 Å². The average molecular weight is 303 g/mol. The fourth-order valence-corrected chi connectivity index (χ4v) is 2.44. The van der Waals surface area contributed by atoms with Crippen molar-refractivity contribution in [3.05, 3.63) is 28.8 Å². The van der Waals surface area contributed by atoms with E-state index in [2.05, 4.69) is 4.99 Å². The molecule has 0 N–H and O–H groups in total. The molecule has 0 unspecified atom stereocenters. The lowest BCUT2D eigenvalue weighted by molar-refractivity contribution is -0.138. The highest BCUT2D eigenvalue weighted by Gasteiger charge is 2.21. The van der Waals surface area contributed by atoms with Gasteiger partial charge in [-0.05, 0) is 31.1 Å². The van der Waals surface area contributed by atoms with Gasteiger partial charge in [0, 0.05) is 17.3 Å². The zero-order valence-electron chi connectivity index (χ0n) is 13.4. The number of esters is 1. The summed E-state index contributed by atoms with van der Waals surface area (Å²) in [5.41, 5.74) is 3.20. The summed E-state index contributed by atoms with van der Waals surface area (Å²) in [6.45, 7) is 4.47. The van der Waals surface area contributed by atoms with E-state index in [-0.39, 0.29) is 5.97 Å². The molecule has 0 amide bonds. The highest BCUT2D eigenvalue weighted by atomic mass is 16.5. The Labute approximate surface area is 130 Å². The van der Waals surface area contributed by atoms with E-state index < -0.39 is 0 Å². The van der Waals surface area contributed by atoms with E-state index in [0.717, 1.165) is 23.3 Å². The number of benzene rings is 1. The topological polar surface area (TPSA) is 57.1 Å². The molecule has 1 aliphatic heterocycles. The van der Waals surface area contributed by atoms with Crippen molar-refractivity contribution in [3.8, 4) is 11.5 Å². The summed E-state index contributed by atoms with van der Waals surface area (Å²) in [6, 6.07) is 3.71. The Hall–Kier alpha value is -2.30. The van der Waals surface area contributed by atoms with Gasteiger partial charge in [0.25, 0.3) is 0 Å². The van der Waals surface area contributed by atoms with E-state index in [9.17, 15) is 4.79 Å². The lowest BCUT2D eigenvalue weighted by Gasteiger charge is -2.14. The van der Waals surface area contributed by atoms with Crippen molar-refractivity contribution in [1.82, 2.24) is 0 Å². The molecule has 1 aromatic rings. The number of hydrogen-bond acceptors (Lipinski definition) is 5. The van der Waals surface area contributed by atoms with Crippen LogP contribution in [0.25, 0.3) is 6.08 Å². The second-order valence-corrected chi connectivity index (χ2v) is 4.80. The number of rotatable bonds is 5. The van der Waals surface area contributed by atoms with Crippen molar-refractivity contribution >= 4 is 17.8 Å². The van der Waals surface area contributed by atoms with Crippen LogP contribution in [0.4, 0.5) is 0 Å². The minimum atomic E-state index is -0.337. The molecular formula is C17H21NO4. The minimum Gasteiger partial charge on any atom is -0.497 e. The fraction of sp³-hybridized carbons (Fsp3) is 0.412. The number of carbonyl (C=O) groups is 1. The maximum atomic E-state index is 12.0. The van der Waals surface area contributed by atoms with E-state index in [1.54, 1.807) is 21.1 Å². The summed E-state index contributed by atoms with van der Waals surface area (Å²) in [4.78, 5) is 16.6. The highest BCUT2D eigenvalue weighted by molar-refractivity contribution is 6.08. The van der Waals surface area contributed by atoms with Gasteiger partial charge in [-0.15, -0.1) is 0 Å². The second kappa shape index (κ2) is 7.11. The minimum absolute atomic E-state index is 0.308. The molecule has 0 spiro atoms. The van der Waals surface area contributed by atoms with E-state index in [0.29, 0.717) is 30.2 Å². The van der Waals surface area contributed by atoms with Crippen LogP contribution >= 0.6 is 0 Å². The molecule has 0 saturated carbocycles. The van der Waals surface area contributed by atoms with Crippen LogP contribution in [0.1, 0.15) is 31.4 Å². The summed E-state index contributed by atoms with van der Waals surface area (Å²) in [6.07, 6.45) is 2.56. The molecule has 1 aliphatic rings. The van der Waals surface area contributed by atoms with Gasteiger partial charge in [-0.25, -0.2) is 4.79 Å². The van der Waals surface area contributed by atoms with Gasteiger partial charge in [-0.3, -0.25) is 4.99 Å². The third kappa shape index (κ3) is 3.13. The second-order valence-electron chi connectivity index (χ2n) is 4.80. The summed E-state index contributed by atoms with van der Waals surface area (Å²) in [5, 5.41) is 0. The molecule has 0 fully saturated rings. The third-order valence-corrected chi connectivity index (χ3v) is 3.49. The summed E-state index contributed by atoms with van der Waals surface area (Å²) in [5.74, 6) is 1.03. The first kappa shape index (κ1) is 16.1. The number of methoxy groups -OCH3 is 2. The number of fused-ring (bicyclic) bond motifs is 1. The Morgan fingerprint density at radius 3 is 2.59 bits per heavy atom. The van der Waals surface area contributed by atoms with Crippen molar-refractivity contribution in [1.29, 1.82) is 0 Å². The summed E-state index contributed by atoms with van der Waals surface area (Å²) >= 11 is 0.